The summed E-state index contributed by atoms with van der Waals surface area (Å²) < 4.78 is 0. The third-order valence-electron chi connectivity index (χ3n) is 5.16. The van der Waals surface area contributed by atoms with Crippen molar-refractivity contribution in [1.29, 1.82) is 5.41 Å². The van der Waals surface area contributed by atoms with E-state index in [4.69, 9.17) is 10.4 Å². The van der Waals surface area contributed by atoms with E-state index in [-0.39, 0.29) is 17.3 Å². The van der Waals surface area contributed by atoms with E-state index in [2.05, 4.69) is 50.5 Å². The Morgan fingerprint density at radius 3 is 2.36 bits per heavy atom. The Balaban J connectivity index is 2.37. The van der Waals surface area contributed by atoms with E-state index in [1.54, 1.807) is 0 Å². The Kier molecular flexibility index (Phi) is 5.45. The lowest BCUT2D eigenvalue weighted by Gasteiger charge is -2.31. The van der Waals surface area contributed by atoms with Crippen LogP contribution in [0.2, 0.25) is 0 Å². The summed E-state index contributed by atoms with van der Waals surface area (Å²) in [6, 6.07) is 18.0. The van der Waals surface area contributed by atoms with Crippen LogP contribution in [0.3, 0.4) is 0 Å². The lowest BCUT2D eigenvalue weighted by molar-refractivity contribution is -0.108. The topological polar surface area (TPSA) is 77.9 Å². The van der Waals surface area contributed by atoms with E-state index in [9.17, 15) is 4.79 Å². The van der Waals surface area contributed by atoms with Crippen LogP contribution in [0.4, 0.5) is 5.69 Å². The maximum Gasteiger partial charge on any atom is 0.213 e. The lowest BCUT2D eigenvalue weighted by atomic mass is 9.75. The third-order valence-corrected chi connectivity index (χ3v) is 5.16. The van der Waals surface area contributed by atoms with Gasteiger partial charge in [-0.1, -0.05) is 76.2 Å². The van der Waals surface area contributed by atoms with Crippen LogP contribution in [0.5, 0.6) is 0 Å². The normalized spacial score (nSPS) is 12.4. The molecule has 3 N–H and O–H groups in total. The molecule has 0 spiro atoms. The van der Waals surface area contributed by atoms with Gasteiger partial charge < -0.3 is 5.32 Å². The van der Waals surface area contributed by atoms with E-state index in [1.807, 2.05) is 42.5 Å². The van der Waals surface area contributed by atoms with Crippen LogP contribution in [-0.2, 0) is 4.79 Å². The number of benzene rings is 2. The van der Waals surface area contributed by atoms with E-state index in [1.165, 1.54) is 0 Å². The minimum absolute atomic E-state index is 0.0234. The van der Waals surface area contributed by atoms with Gasteiger partial charge in [0.15, 0.2) is 5.96 Å². The van der Waals surface area contributed by atoms with Crippen LogP contribution in [0, 0.1) is 10.8 Å². The van der Waals surface area contributed by atoms with E-state index in [0.717, 1.165) is 33.4 Å². The summed E-state index contributed by atoms with van der Waals surface area (Å²) in [5.41, 5.74) is 4.58. The van der Waals surface area contributed by atoms with Crippen molar-refractivity contribution in [2.45, 2.75) is 33.6 Å². The van der Waals surface area contributed by atoms with E-state index >= 15 is 0 Å². The highest BCUT2D eigenvalue weighted by molar-refractivity contribution is 6.06. The van der Waals surface area contributed by atoms with Gasteiger partial charge in [0.1, 0.15) is 0 Å². The highest BCUT2D eigenvalue weighted by Gasteiger charge is 2.29. The molecular weight excluding hydrogens is 348 g/mol. The molecule has 5 nitrogen and oxygen atoms in total. The number of aromatic nitrogens is 1. The number of carbonyl (C=O) groups is 1. The minimum atomic E-state index is -0.0623. The molecule has 2 aromatic carbocycles. The van der Waals surface area contributed by atoms with Crippen molar-refractivity contribution in [2.24, 2.45) is 5.41 Å². The number of carbonyl (C=O) groups excluding carboxylic acids is 1. The maximum atomic E-state index is 10.8. The number of hydrogen-bond acceptors (Lipinski definition) is 3. The first-order chi connectivity index (χ1) is 13.3. The summed E-state index contributed by atoms with van der Waals surface area (Å²) in [6.07, 6.45) is 0.504. The van der Waals surface area contributed by atoms with Crippen molar-refractivity contribution in [3.8, 4) is 11.3 Å². The molecule has 5 heteroatoms. The highest BCUT2D eigenvalue weighted by atomic mass is 16.1. The lowest BCUT2D eigenvalue weighted by Crippen LogP contribution is -2.29. The number of para-hydroxylation sites is 1. The van der Waals surface area contributed by atoms with Crippen molar-refractivity contribution >= 4 is 29.0 Å². The SMILES string of the molecule is CC(c1c(-c2ccccc2)nc2ccccc2c1NC(=N)NC=O)C(C)(C)C. The Morgan fingerprint density at radius 1 is 1.07 bits per heavy atom. The summed E-state index contributed by atoms with van der Waals surface area (Å²) in [5, 5.41) is 14.5. The number of nitrogens with one attached hydrogen (secondary N) is 3. The van der Waals surface area contributed by atoms with Crippen molar-refractivity contribution in [1.82, 2.24) is 10.3 Å². The predicted molar refractivity (Wildman–Crippen MR) is 116 cm³/mol. The largest absolute Gasteiger partial charge is 0.325 e. The van der Waals surface area contributed by atoms with Gasteiger partial charge in [0.2, 0.25) is 6.41 Å². The zero-order valence-corrected chi connectivity index (χ0v) is 16.7. The van der Waals surface area contributed by atoms with Crippen LogP contribution in [-0.4, -0.2) is 17.4 Å². The highest BCUT2D eigenvalue weighted by Crippen LogP contribution is 2.45. The molecule has 0 saturated carbocycles. The van der Waals surface area contributed by atoms with Crippen LogP contribution in [0.1, 0.15) is 39.2 Å². The molecule has 28 heavy (non-hydrogen) atoms. The zero-order valence-electron chi connectivity index (χ0n) is 16.7. The molecule has 0 aliphatic heterocycles. The summed E-state index contributed by atoms with van der Waals surface area (Å²) in [7, 11) is 0. The fraction of sp³-hybridized carbons (Fsp3) is 0.261. The molecule has 3 aromatic rings. The average Bonchev–Trinajstić information content (AvgIpc) is 2.67. The number of rotatable bonds is 4. The number of pyridine rings is 1. The van der Waals surface area contributed by atoms with Gasteiger partial charge in [-0.3, -0.25) is 15.5 Å². The Hall–Kier alpha value is -3.21. The van der Waals surface area contributed by atoms with Crippen LogP contribution >= 0.6 is 0 Å². The molecule has 1 heterocycles. The molecule has 1 atom stereocenters. The quantitative estimate of drug-likeness (QED) is 0.336. The van der Waals surface area contributed by atoms with Crippen molar-refractivity contribution in [3.63, 3.8) is 0 Å². The minimum Gasteiger partial charge on any atom is -0.325 e. The van der Waals surface area contributed by atoms with Gasteiger partial charge in [-0.15, -0.1) is 0 Å². The summed E-state index contributed by atoms with van der Waals surface area (Å²) in [6.45, 7) is 8.77. The smallest absolute Gasteiger partial charge is 0.213 e. The molecule has 0 aliphatic rings. The standard InChI is InChI=1S/C23H26N4O/c1-15(23(2,3)4)19-20(16-10-6-5-7-11-16)26-18-13-9-8-12-17(18)21(19)27-22(24)25-14-28/h5-15H,1-4H3,(H3,24,25,26,27,28). The Morgan fingerprint density at radius 2 is 1.71 bits per heavy atom. The summed E-state index contributed by atoms with van der Waals surface area (Å²) in [4.78, 5) is 15.8. The van der Waals surface area contributed by atoms with E-state index < -0.39 is 0 Å². The number of anilines is 1. The second-order valence-electron chi connectivity index (χ2n) is 7.98. The van der Waals surface area contributed by atoms with Crippen LogP contribution < -0.4 is 10.6 Å². The van der Waals surface area contributed by atoms with Crippen LogP contribution in [0.15, 0.2) is 54.6 Å². The van der Waals surface area contributed by atoms with E-state index in [0.29, 0.717) is 6.41 Å². The number of fused-ring (bicyclic) bond motifs is 1. The number of guanidine groups is 1. The summed E-state index contributed by atoms with van der Waals surface area (Å²) in [5.74, 6) is 0.0825. The van der Waals surface area contributed by atoms with Gasteiger partial charge in [-0.25, -0.2) is 4.98 Å². The first kappa shape index (κ1) is 19.5. The first-order valence-electron chi connectivity index (χ1n) is 9.36. The molecule has 0 radical (unpaired) electrons. The van der Waals surface area contributed by atoms with Gasteiger partial charge in [0, 0.05) is 16.5 Å². The predicted octanol–water partition coefficient (Wildman–Crippen LogP) is 5.14. The molecule has 3 rings (SSSR count). The molecular formula is C23H26N4O. The van der Waals surface area contributed by atoms with Crippen molar-refractivity contribution in [2.75, 3.05) is 5.32 Å². The first-order valence-corrected chi connectivity index (χ1v) is 9.36. The Labute approximate surface area is 165 Å². The van der Waals surface area contributed by atoms with Crippen molar-refractivity contribution < 1.29 is 4.79 Å². The molecule has 0 fully saturated rings. The monoisotopic (exact) mass is 374 g/mol. The average molecular weight is 374 g/mol. The number of hydrogen-bond donors (Lipinski definition) is 3. The molecule has 1 unspecified atom stereocenters. The number of amides is 1. The molecule has 0 bridgehead atoms. The Bertz CT molecular complexity index is 1010. The third kappa shape index (κ3) is 3.88. The number of nitrogens with zero attached hydrogens (tertiary/aromatic N) is 1. The molecule has 144 valence electrons. The second kappa shape index (κ2) is 7.80. The van der Waals surface area contributed by atoms with Gasteiger partial charge in [-0.05, 0) is 17.4 Å². The fourth-order valence-corrected chi connectivity index (χ4v) is 3.25. The molecule has 1 amide bonds. The van der Waals surface area contributed by atoms with Crippen molar-refractivity contribution in [3.05, 3.63) is 60.2 Å². The molecule has 1 aromatic heterocycles. The maximum absolute atomic E-state index is 10.8. The second-order valence-corrected chi connectivity index (χ2v) is 7.98. The fourth-order valence-electron chi connectivity index (χ4n) is 3.25. The van der Waals surface area contributed by atoms with Crippen LogP contribution in [0.25, 0.3) is 22.2 Å². The molecule has 0 saturated heterocycles. The van der Waals surface area contributed by atoms with Gasteiger partial charge in [0.25, 0.3) is 0 Å². The van der Waals surface area contributed by atoms with Gasteiger partial charge in [-0.2, -0.15) is 0 Å². The van der Waals surface area contributed by atoms with Gasteiger partial charge >= 0.3 is 0 Å². The van der Waals surface area contributed by atoms with Gasteiger partial charge in [0.05, 0.1) is 16.9 Å². The summed E-state index contributed by atoms with van der Waals surface area (Å²) >= 11 is 0. The molecule has 0 aliphatic carbocycles. The zero-order chi connectivity index (χ0) is 20.3.